The third-order valence-electron chi connectivity index (χ3n) is 2.51. The minimum absolute atomic E-state index is 0.0358. The minimum Gasteiger partial charge on any atom is -0.496 e. The zero-order valence-electron chi connectivity index (χ0n) is 9.72. The molecule has 0 saturated heterocycles. The number of aryl methyl sites for hydroxylation is 1. The molecule has 1 N–H and O–H groups in total. The number of hydrogen-bond donors (Lipinski definition) is 1. The SMILES string of the molecule is COc1c(CCCC(=O)O)cc(Cl)c(F)c1C. The Kier molecular flexibility index (Phi) is 4.75. The Morgan fingerprint density at radius 3 is 2.76 bits per heavy atom. The second-order valence-corrected chi connectivity index (χ2v) is 4.14. The van der Waals surface area contributed by atoms with Gasteiger partial charge in [0.1, 0.15) is 11.6 Å². The van der Waals surface area contributed by atoms with Gasteiger partial charge >= 0.3 is 5.97 Å². The molecular weight excluding hydrogens is 247 g/mol. The highest BCUT2D eigenvalue weighted by atomic mass is 35.5. The monoisotopic (exact) mass is 260 g/mol. The van der Waals surface area contributed by atoms with E-state index >= 15 is 0 Å². The summed E-state index contributed by atoms with van der Waals surface area (Å²) < 4.78 is 18.6. The zero-order valence-corrected chi connectivity index (χ0v) is 10.5. The van der Waals surface area contributed by atoms with E-state index < -0.39 is 11.8 Å². The van der Waals surface area contributed by atoms with Gasteiger partial charge in [0.15, 0.2) is 0 Å². The standard InChI is InChI=1S/C12H14ClFO3/c1-7-11(14)9(13)6-8(12(7)17-2)4-3-5-10(15)16/h6H,3-5H2,1-2H3,(H,15,16). The lowest BCUT2D eigenvalue weighted by Crippen LogP contribution is -2.01. The van der Waals surface area contributed by atoms with Crippen LogP contribution in [0.3, 0.4) is 0 Å². The summed E-state index contributed by atoms with van der Waals surface area (Å²) in [5.74, 6) is -0.906. The quantitative estimate of drug-likeness (QED) is 0.884. The fraction of sp³-hybridized carbons (Fsp3) is 0.417. The topological polar surface area (TPSA) is 46.5 Å². The van der Waals surface area contributed by atoms with E-state index in [0.29, 0.717) is 24.2 Å². The number of benzene rings is 1. The summed E-state index contributed by atoms with van der Waals surface area (Å²) in [7, 11) is 1.45. The molecule has 3 nitrogen and oxygen atoms in total. The minimum atomic E-state index is -0.853. The molecule has 17 heavy (non-hydrogen) atoms. The lowest BCUT2D eigenvalue weighted by molar-refractivity contribution is -0.137. The number of ether oxygens (including phenoxy) is 1. The van der Waals surface area contributed by atoms with Gasteiger partial charge in [-0.3, -0.25) is 4.79 Å². The molecule has 0 aliphatic heterocycles. The van der Waals surface area contributed by atoms with Crippen LogP contribution >= 0.6 is 11.6 Å². The molecule has 0 amide bonds. The summed E-state index contributed by atoms with van der Waals surface area (Å²) in [6.45, 7) is 1.58. The molecule has 0 aliphatic carbocycles. The number of carboxylic acids is 1. The van der Waals surface area contributed by atoms with E-state index in [0.717, 1.165) is 5.56 Å². The molecule has 1 rings (SSSR count). The van der Waals surface area contributed by atoms with Gasteiger partial charge in [0.05, 0.1) is 12.1 Å². The van der Waals surface area contributed by atoms with Gasteiger partial charge in [-0.1, -0.05) is 11.6 Å². The molecule has 0 heterocycles. The predicted molar refractivity (Wildman–Crippen MR) is 63.3 cm³/mol. The highest BCUT2D eigenvalue weighted by Gasteiger charge is 2.14. The number of methoxy groups -OCH3 is 1. The summed E-state index contributed by atoms with van der Waals surface area (Å²) >= 11 is 5.74. The van der Waals surface area contributed by atoms with Crippen LogP contribution in [0.2, 0.25) is 5.02 Å². The molecule has 94 valence electrons. The molecule has 0 spiro atoms. The van der Waals surface area contributed by atoms with Crippen molar-refractivity contribution in [3.63, 3.8) is 0 Å². The summed E-state index contributed by atoms with van der Waals surface area (Å²) in [6, 6.07) is 1.49. The van der Waals surface area contributed by atoms with Gasteiger partial charge < -0.3 is 9.84 Å². The number of halogens is 2. The number of aliphatic carboxylic acids is 1. The average molecular weight is 261 g/mol. The largest absolute Gasteiger partial charge is 0.496 e. The fourth-order valence-electron chi connectivity index (χ4n) is 1.70. The maximum Gasteiger partial charge on any atom is 0.303 e. The molecule has 1 aromatic carbocycles. The number of carboxylic acid groups (broad SMARTS) is 1. The van der Waals surface area contributed by atoms with E-state index in [1.165, 1.54) is 13.2 Å². The van der Waals surface area contributed by atoms with E-state index in [1.54, 1.807) is 6.92 Å². The molecule has 0 aromatic heterocycles. The van der Waals surface area contributed by atoms with Crippen LogP contribution in [0.4, 0.5) is 4.39 Å². The van der Waals surface area contributed by atoms with Gasteiger partial charge in [0.2, 0.25) is 0 Å². The van der Waals surface area contributed by atoms with Crippen LogP contribution in [0.1, 0.15) is 24.0 Å². The molecular formula is C12H14ClFO3. The van der Waals surface area contributed by atoms with Gasteiger partial charge in [-0.05, 0) is 31.4 Å². The average Bonchev–Trinajstić information content (AvgIpc) is 2.26. The Balaban J connectivity index is 2.94. The molecule has 5 heteroatoms. The molecule has 0 saturated carbocycles. The maximum atomic E-state index is 13.5. The first-order chi connectivity index (χ1) is 7.97. The Labute approximate surface area is 104 Å². The van der Waals surface area contributed by atoms with Crippen molar-refractivity contribution in [3.8, 4) is 5.75 Å². The Hall–Kier alpha value is -1.29. The van der Waals surface area contributed by atoms with Gasteiger partial charge in [0, 0.05) is 12.0 Å². The summed E-state index contributed by atoms with van der Waals surface area (Å²) in [5.41, 5.74) is 1.09. The molecule has 0 bridgehead atoms. The lowest BCUT2D eigenvalue weighted by atomic mass is 10.0. The maximum absolute atomic E-state index is 13.5. The van der Waals surface area contributed by atoms with Crippen molar-refractivity contribution < 1.29 is 19.0 Å². The van der Waals surface area contributed by atoms with Gasteiger partial charge in [-0.25, -0.2) is 4.39 Å². The number of carbonyl (C=O) groups is 1. The molecule has 0 fully saturated rings. The molecule has 0 radical (unpaired) electrons. The fourth-order valence-corrected chi connectivity index (χ4v) is 1.97. The summed E-state index contributed by atoms with van der Waals surface area (Å²) in [6.07, 6.45) is 1.03. The molecule has 0 aliphatic rings. The second-order valence-electron chi connectivity index (χ2n) is 3.74. The van der Waals surface area contributed by atoms with Crippen LogP contribution in [-0.4, -0.2) is 18.2 Å². The molecule has 1 aromatic rings. The highest BCUT2D eigenvalue weighted by molar-refractivity contribution is 6.30. The van der Waals surface area contributed by atoms with Crippen molar-refractivity contribution >= 4 is 17.6 Å². The Bertz CT molecular complexity index is 432. The predicted octanol–water partition coefficient (Wildman–Crippen LogP) is 3.20. The van der Waals surface area contributed by atoms with Crippen molar-refractivity contribution in [2.75, 3.05) is 7.11 Å². The second kappa shape index (κ2) is 5.87. The van der Waals surface area contributed by atoms with Crippen molar-refractivity contribution in [2.45, 2.75) is 26.2 Å². The van der Waals surface area contributed by atoms with E-state index in [9.17, 15) is 9.18 Å². The van der Waals surface area contributed by atoms with Crippen LogP contribution in [0.25, 0.3) is 0 Å². The smallest absolute Gasteiger partial charge is 0.303 e. The van der Waals surface area contributed by atoms with Crippen LogP contribution in [-0.2, 0) is 11.2 Å². The van der Waals surface area contributed by atoms with Crippen molar-refractivity contribution in [3.05, 3.63) is 28.0 Å². The van der Waals surface area contributed by atoms with Gasteiger partial charge in [-0.15, -0.1) is 0 Å². The van der Waals surface area contributed by atoms with Crippen LogP contribution in [0.5, 0.6) is 5.75 Å². The van der Waals surface area contributed by atoms with Crippen LogP contribution in [0.15, 0.2) is 6.07 Å². The van der Waals surface area contributed by atoms with Crippen molar-refractivity contribution in [1.29, 1.82) is 0 Å². The first-order valence-electron chi connectivity index (χ1n) is 5.20. The van der Waals surface area contributed by atoms with Gasteiger partial charge in [-0.2, -0.15) is 0 Å². The lowest BCUT2D eigenvalue weighted by Gasteiger charge is -2.13. The number of rotatable bonds is 5. The van der Waals surface area contributed by atoms with Crippen LogP contribution < -0.4 is 4.74 Å². The van der Waals surface area contributed by atoms with E-state index in [4.69, 9.17) is 21.4 Å². The Morgan fingerprint density at radius 2 is 2.24 bits per heavy atom. The van der Waals surface area contributed by atoms with E-state index in [2.05, 4.69) is 0 Å². The third-order valence-corrected chi connectivity index (χ3v) is 2.79. The Morgan fingerprint density at radius 1 is 1.59 bits per heavy atom. The summed E-state index contributed by atoms with van der Waals surface area (Å²) in [5, 5.41) is 8.59. The number of hydrogen-bond acceptors (Lipinski definition) is 2. The molecule has 0 unspecified atom stereocenters. The van der Waals surface area contributed by atoms with E-state index in [-0.39, 0.29) is 11.4 Å². The highest BCUT2D eigenvalue weighted by Crippen LogP contribution is 2.31. The van der Waals surface area contributed by atoms with Gasteiger partial charge in [0.25, 0.3) is 0 Å². The normalized spacial score (nSPS) is 10.4. The third kappa shape index (κ3) is 3.33. The first kappa shape index (κ1) is 13.8. The summed E-state index contributed by atoms with van der Waals surface area (Å²) in [4.78, 5) is 10.4. The van der Waals surface area contributed by atoms with Crippen molar-refractivity contribution in [2.24, 2.45) is 0 Å². The van der Waals surface area contributed by atoms with Crippen molar-refractivity contribution in [1.82, 2.24) is 0 Å². The molecule has 0 atom stereocenters. The van der Waals surface area contributed by atoms with E-state index in [1.807, 2.05) is 0 Å². The zero-order chi connectivity index (χ0) is 13.0. The first-order valence-corrected chi connectivity index (χ1v) is 5.58. The van der Waals surface area contributed by atoms with Crippen LogP contribution in [0, 0.1) is 12.7 Å².